The lowest BCUT2D eigenvalue weighted by Gasteiger charge is -2.00. The number of carbonyl (C=O) groups excluding carboxylic acids is 1. The number of tetrazole rings is 1. The second-order valence-electron chi connectivity index (χ2n) is 5.05. The van der Waals surface area contributed by atoms with Gasteiger partial charge >= 0.3 is 0 Å². The Labute approximate surface area is 142 Å². The number of amides is 1. The SMILES string of the molecule is O=C(Cn1nnc(-c2ccccc2)n1)N/N=C/c1ccc(O)cc1O. The number of hydrazone groups is 1. The van der Waals surface area contributed by atoms with Crippen molar-refractivity contribution in [1.29, 1.82) is 0 Å². The van der Waals surface area contributed by atoms with E-state index in [4.69, 9.17) is 0 Å². The largest absolute Gasteiger partial charge is 0.508 e. The fraction of sp³-hybridized carbons (Fsp3) is 0.0625. The topological polar surface area (TPSA) is 126 Å². The van der Waals surface area contributed by atoms with E-state index in [1.54, 1.807) is 0 Å². The third kappa shape index (κ3) is 4.16. The Kier molecular flexibility index (Phi) is 4.65. The summed E-state index contributed by atoms with van der Waals surface area (Å²) >= 11 is 0. The third-order valence-corrected chi connectivity index (χ3v) is 3.18. The second kappa shape index (κ2) is 7.21. The average Bonchev–Trinajstić information content (AvgIpc) is 3.06. The number of phenolic OH excluding ortho intramolecular Hbond substituents is 2. The van der Waals surface area contributed by atoms with Gasteiger partial charge in [0.15, 0.2) is 0 Å². The Morgan fingerprint density at radius 2 is 2.00 bits per heavy atom. The van der Waals surface area contributed by atoms with Crippen molar-refractivity contribution in [3.63, 3.8) is 0 Å². The molecule has 3 N–H and O–H groups in total. The molecule has 3 rings (SSSR count). The first-order chi connectivity index (χ1) is 12.1. The molecular formula is C16H14N6O3. The fourth-order valence-electron chi connectivity index (χ4n) is 1.99. The van der Waals surface area contributed by atoms with Crippen LogP contribution >= 0.6 is 0 Å². The first kappa shape index (κ1) is 16.1. The monoisotopic (exact) mass is 338 g/mol. The van der Waals surface area contributed by atoms with Crippen LogP contribution < -0.4 is 5.43 Å². The highest BCUT2D eigenvalue weighted by atomic mass is 16.3. The summed E-state index contributed by atoms with van der Waals surface area (Å²) in [4.78, 5) is 13.0. The zero-order chi connectivity index (χ0) is 17.6. The third-order valence-electron chi connectivity index (χ3n) is 3.18. The lowest BCUT2D eigenvalue weighted by molar-refractivity contribution is -0.122. The van der Waals surface area contributed by atoms with Gasteiger partial charge in [-0.05, 0) is 17.3 Å². The first-order valence-corrected chi connectivity index (χ1v) is 7.29. The number of carbonyl (C=O) groups is 1. The predicted octanol–water partition coefficient (Wildman–Crippen LogP) is 0.902. The van der Waals surface area contributed by atoms with E-state index in [9.17, 15) is 15.0 Å². The number of hydrogen-bond acceptors (Lipinski definition) is 7. The fourth-order valence-corrected chi connectivity index (χ4v) is 1.99. The molecule has 25 heavy (non-hydrogen) atoms. The maximum absolute atomic E-state index is 11.8. The van der Waals surface area contributed by atoms with Crippen LogP contribution in [-0.2, 0) is 11.3 Å². The van der Waals surface area contributed by atoms with Crippen LogP contribution in [0.5, 0.6) is 11.5 Å². The molecule has 0 radical (unpaired) electrons. The minimum atomic E-state index is -0.452. The van der Waals surface area contributed by atoms with Crippen molar-refractivity contribution in [1.82, 2.24) is 25.6 Å². The molecule has 9 heteroatoms. The summed E-state index contributed by atoms with van der Waals surface area (Å²) in [5, 5.41) is 34.4. The highest BCUT2D eigenvalue weighted by Crippen LogP contribution is 2.20. The molecule has 126 valence electrons. The van der Waals surface area contributed by atoms with Crippen molar-refractivity contribution in [3.8, 4) is 22.9 Å². The molecule has 3 aromatic rings. The van der Waals surface area contributed by atoms with Gasteiger partial charge < -0.3 is 10.2 Å². The van der Waals surface area contributed by atoms with E-state index in [0.29, 0.717) is 11.4 Å². The molecule has 0 aliphatic rings. The molecular weight excluding hydrogens is 324 g/mol. The van der Waals surface area contributed by atoms with Crippen LogP contribution in [0.3, 0.4) is 0 Å². The lowest BCUT2D eigenvalue weighted by Crippen LogP contribution is -2.24. The van der Waals surface area contributed by atoms with Crippen molar-refractivity contribution < 1.29 is 15.0 Å². The van der Waals surface area contributed by atoms with Gasteiger partial charge in [0.25, 0.3) is 5.91 Å². The van der Waals surface area contributed by atoms with Crippen molar-refractivity contribution in [3.05, 3.63) is 54.1 Å². The summed E-state index contributed by atoms with van der Waals surface area (Å²) in [7, 11) is 0. The molecule has 0 unspecified atom stereocenters. The average molecular weight is 338 g/mol. The van der Waals surface area contributed by atoms with Gasteiger partial charge in [0.2, 0.25) is 5.82 Å². The Balaban J connectivity index is 1.58. The van der Waals surface area contributed by atoms with Gasteiger partial charge in [-0.25, -0.2) is 5.43 Å². The Morgan fingerprint density at radius 3 is 2.76 bits per heavy atom. The van der Waals surface area contributed by atoms with E-state index in [1.807, 2.05) is 30.3 Å². The van der Waals surface area contributed by atoms with Crippen molar-refractivity contribution in [2.24, 2.45) is 5.10 Å². The number of aromatic nitrogens is 4. The molecule has 1 amide bonds. The van der Waals surface area contributed by atoms with Crippen molar-refractivity contribution in [2.75, 3.05) is 0 Å². The van der Waals surface area contributed by atoms with Crippen molar-refractivity contribution in [2.45, 2.75) is 6.54 Å². The summed E-state index contributed by atoms with van der Waals surface area (Å²) in [6, 6.07) is 13.3. The number of phenols is 2. The molecule has 2 aromatic carbocycles. The number of hydrogen-bond donors (Lipinski definition) is 3. The molecule has 9 nitrogen and oxygen atoms in total. The summed E-state index contributed by atoms with van der Waals surface area (Å²) < 4.78 is 0. The van der Waals surface area contributed by atoms with Crippen LogP contribution in [0, 0.1) is 0 Å². The van der Waals surface area contributed by atoms with E-state index in [-0.39, 0.29) is 18.0 Å². The maximum atomic E-state index is 11.8. The first-order valence-electron chi connectivity index (χ1n) is 7.29. The summed E-state index contributed by atoms with van der Waals surface area (Å²) in [6.07, 6.45) is 1.26. The normalized spacial score (nSPS) is 10.9. The van der Waals surface area contributed by atoms with Gasteiger partial charge in [-0.2, -0.15) is 9.90 Å². The van der Waals surface area contributed by atoms with Crippen LogP contribution in [0.1, 0.15) is 5.56 Å². The van der Waals surface area contributed by atoms with E-state index >= 15 is 0 Å². The van der Waals surface area contributed by atoms with Gasteiger partial charge in [-0.3, -0.25) is 4.79 Å². The highest BCUT2D eigenvalue weighted by molar-refractivity contribution is 5.85. The lowest BCUT2D eigenvalue weighted by atomic mass is 10.2. The molecule has 0 saturated heterocycles. The van der Waals surface area contributed by atoms with Gasteiger partial charge in [-0.1, -0.05) is 30.3 Å². The number of nitrogens with zero attached hydrogens (tertiary/aromatic N) is 5. The summed E-state index contributed by atoms with van der Waals surface area (Å²) in [5.74, 6) is -0.244. The predicted molar refractivity (Wildman–Crippen MR) is 88.8 cm³/mol. The molecule has 0 fully saturated rings. The standard InChI is InChI=1S/C16H14N6O3/c23-13-7-6-12(14(24)8-13)9-17-18-15(25)10-22-20-16(19-21-22)11-4-2-1-3-5-11/h1-9,23-24H,10H2,(H,18,25)/b17-9+. The quantitative estimate of drug-likeness (QED) is 0.469. The van der Waals surface area contributed by atoms with Crippen LogP contribution in [0.15, 0.2) is 53.6 Å². The number of benzene rings is 2. The Morgan fingerprint density at radius 1 is 1.20 bits per heavy atom. The van der Waals surface area contributed by atoms with Gasteiger partial charge in [0, 0.05) is 17.2 Å². The van der Waals surface area contributed by atoms with Crippen LogP contribution in [-0.4, -0.2) is 42.5 Å². The van der Waals surface area contributed by atoms with Gasteiger partial charge in [0.1, 0.15) is 18.0 Å². The summed E-state index contributed by atoms with van der Waals surface area (Å²) in [5.41, 5.74) is 3.45. The number of aromatic hydroxyl groups is 2. The molecule has 0 atom stereocenters. The molecule has 0 spiro atoms. The zero-order valence-corrected chi connectivity index (χ0v) is 12.9. The van der Waals surface area contributed by atoms with Crippen LogP contribution in [0.4, 0.5) is 0 Å². The molecule has 1 heterocycles. The molecule has 1 aromatic heterocycles. The van der Waals surface area contributed by atoms with Crippen molar-refractivity contribution >= 4 is 12.1 Å². The van der Waals surface area contributed by atoms with Crippen LogP contribution in [0.2, 0.25) is 0 Å². The minimum Gasteiger partial charge on any atom is -0.508 e. The van der Waals surface area contributed by atoms with E-state index < -0.39 is 5.91 Å². The minimum absolute atomic E-state index is 0.0647. The zero-order valence-electron chi connectivity index (χ0n) is 12.9. The Hall–Kier alpha value is -3.75. The number of nitrogens with one attached hydrogen (secondary N) is 1. The van der Waals surface area contributed by atoms with E-state index in [0.717, 1.165) is 10.4 Å². The highest BCUT2D eigenvalue weighted by Gasteiger charge is 2.08. The smallest absolute Gasteiger partial charge is 0.263 e. The molecule has 0 bridgehead atoms. The summed E-state index contributed by atoms with van der Waals surface area (Å²) in [6.45, 7) is -0.154. The van der Waals surface area contributed by atoms with Gasteiger partial charge in [0.05, 0.1) is 6.21 Å². The van der Waals surface area contributed by atoms with Crippen LogP contribution in [0.25, 0.3) is 11.4 Å². The second-order valence-corrected chi connectivity index (χ2v) is 5.05. The Bertz CT molecular complexity index is 907. The van der Waals surface area contributed by atoms with Gasteiger partial charge in [-0.15, -0.1) is 10.2 Å². The van der Waals surface area contributed by atoms with E-state index in [2.05, 4.69) is 25.9 Å². The maximum Gasteiger partial charge on any atom is 0.263 e. The molecule has 0 saturated carbocycles. The number of rotatable bonds is 5. The molecule has 0 aliphatic heterocycles. The molecule has 0 aliphatic carbocycles. The van der Waals surface area contributed by atoms with E-state index in [1.165, 1.54) is 24.4 Å².